The predicted octanol–water partition coefficient (Wildman–Crippen LogP) is 3.81. The summed E-state index contributed by atoms with van der Waals surface area (Å²) in [5, 5.41) is 2.51. The molecule has 0 atom stereocenters. The molecule has 17 heavy (non-hydrogen) atoms. The van der Waals surface area contributed by atoms with Crippen LogP contribution in [0.3, 0.4) is 0 Å². The molecule has 0 heterocycles. The van der Waals surface area contributed by atoms with Gasteiger partial charge in [-0.3, -0.25) is 4.79 Å². The maximum Gasteiger partial charge on any atom is 0.389 e. The molecular formula is C12H22F3NO. The van der Waals surface area contributed by atoms with Crippen molar-refractivity contribution < 1.29 is 18.0 Å². The zero-order chi connectivity index (χ0) is 13.1. The van der Waals surface area contributed by atoms with Crippen LogP contribution in [0.15, 0.2) is 0 Å². The molecule has 0 aromatic rings. The van der Waals surface area contributed by atoms with E-state index >= 15 is 0 Å². The van der Waals surface area contributed by atoms with Crippen molar-refractivity contribution in [3.05, 3.63) is 0 Å². The molecule has 0 fully saturated rings. The van der Waals surface area contributed by atoms with Gasteiger partial charge in [-0.2, -0.15) is 13.2 Å². The molecule has 0 aliphatic heterocycles. The molecule has 0 aliphatic carbocycles. The fourth-order valence-electron chi connectivity index (χ4n) is 1.49. The van der Waals surface area contributed by atoms with Crippen molar-refractivity contribution in [2.45, 2.75) is 64.5 Å². The number of rotatable bonds is 9. The Morgan fingerprint density at radius 3 is 2.29 bits per heavy atom. The molecule has 2 nitrogen and oxygen atoms in total. The van der Waals surface area contributed by atoms with Crippen molar-refractivity contribution in [2.24, 2.45) is 0 Å². The van der Waals surface area contributed by atoms with E-state index in [-0.39, 0.29) is 18.9 Å². The molecular weight excluding hydrogens is 231 g/mol. The number of carbonyl (C=O) groups excluding carboxylic acids is 1. The summed E-state index contributed by atoms with van der Waals surface area (Å²) < 4.78 is 35.4. The highest BCUT2D eigenvalue weighted by molar-refractivity contribution is 5.75. The van der Waals surface area contributed by atoms with Crippen LogP contribution in [0, 0.1) is 0 Å². The predicted molar refractivity (Wildman–Crippen MR) is 61.7 cm³/mol. The Morgan fingerprint density at radius 2 is 1.71 bits per heavy atom. The van der Waals surface area contributed by atoms with Gasteiger partial charge in [0.15, 0.2) is 0 Å². The molecule has 102 valence electrons. The van der Waals surface area contributed by atoms with E-state index in [0.717, 1.165) is 25.7 Å². The van der Waals surface area contributed by atoms with Gasteiger partial charge in [0.1, 0.15) is 0 Å². The van der Waals surface area contributed by atoms with Crippen LogP contribution in [0.2, 0.25) is 0 Å². The van der Waals surface area contributed by atoms with E-state index in [1.165, 1.54) is 6.42 Å². The second kappa shape index (κ2) is 9.31. The first kappa shape index (κ1) is 16.3. The normalized spacial score (nSPS) is 11.5. The lowest BCUT2D eigenvalue weighted by Crippen LogP contribution is -2.25. The van der Waals surface area contributed by atoms with E-state index in [0.29, 0.717) is 6.42 Å². The van der Waals surface area contributed by atoms with Gasteiger partial charge in [-0.1, -0.05) is 32.6 Å². The zero-order valence-corrected chi connectivity index (χ0v) is 10.4. The van der Waals surface area contributed by atoms with E-state index in [1.54, 1.807) is 0 Å². The minimum absolute atomic E-state index is 0.0366. The van der Waals surface area contributed by atoms with Gasteiger partial charge in [-0.05, 0) is 12.8 Å². The van der Waals surface area contributed by atoms with Crippen LogP contribution >= 0.6 is 0 Å². The van der Waals surface area contributed by atoms with Crippen LogP contribution in [0.5, 0.6) is 0 Å². The van der Waals surface area contributed by atoms with Crippen LogP contribution in [0.1, 0.15) is 58.3 Å². The molecule has 0 saturated carbocycles. The maximum absolute atomic E-state index is 11.8. The first-order chi connectivity index (χ1) is 7.95. The third-order valence-electron chi connectivity index (χ3n) is 2.47. The molecule has 0 aromatic heterocycles. The molecule has 0 unspecified atom stereocenters. The van der Waals surface area contributed by atoms with Gasteiger partial charge < -0.3 is 5.32 Å². The summed E-state index contributed by atoms with van der Waals surface area (Å²) in [5.74, 6) is -0.135. The van der Waals surface area contributed by atoms with Crippen molar-refractivity contribution in [1.29, 1.82) is 0 Å². The maximum atomic E-state index is 11.8. The highest BCUT2D eigenvalue weighted by Crippen LogP contribution is 2.20. The van der Waals surface area contributed by atoms with Crippen molar-refractivity contribution >= 4 is 5.91 Å². The van der Waals surface area contributed by atoms with Crippen molar-refractivity contribution in [3.8, 4) is 0 Å². The molecule has 1 N–H and O–H groups in total. The average molecular weight is 253 g/mol. The molecule has 0 aromatic carbocycles. The first-order valence-electron chi connectivity index (χ1n) is 6.29. The summed E-state index contributed by atoms with van der Waals surface area (Å²) in [6, 6.07) is 0. The quantitative estimate of drug-likeness (QED) is 0.622. The summed E-state index contributed by atoms with van der Waals surface area (Å²) in [4.78, 5) is 11.2. The van der Waals surface area contributed by atoms with Crippen LogP contribution in [0.4, 0.5) is 13.2 Å². The Hall–Kier alpha value is -0.740. The van der Waals surface area contributed by atoms with Gasteiger partial charge in [-0.15, -0.1) is 0 Å². The fraction of sp³-hybridized carbons (Fsp3) is 0.917. The monoisotopic (exact) mass is 253 g/mol. The van der Waals surface area contributed by atoms with Gasteiger partial charge in [0, 0.05) is 19.4 Å². The number of hydrogen-bond donors (Lipinski definition) is 1. The topological polar surface area (TPSA) is 29.1 Å². The van der Waals surface area contributed by atoms with E-state index in [2.05, 4.69) is 12.2 Å². The molecule has 0 bridgehead atoms. The zero-order valence-electron chi connectivity index (χ0n) is 10.4. The van der Waals surface area contributed by atoms with Gasteiger partial charge in [0.2, 0.25) is 5.91 Å². The molecule has 0 radical (unpaired) electrons. The SMILES string of the molecule is CCCCCCCC(=O)NCCCC(F)(F)F. The van der Waals surface area contributed by atoms with Crippen LogP contribution in [0.25, 0.3) is 0 Å². The smallest absolute Gasteiger partial charge is 0.356 e. The first-order valence-corrected chi connectivity index (χ1v) is 6.29. The summed E-state index contributed by atoms with van der Waals surface area (Å²) >= 11 is 0. The van der Waals surface area contributed by atoms with Crippen LogP contribution in [-0.4, -0.2) is 18.6 Å². The summed E-state index contributed by atoms with van der Waals surface area (Å²) in [6.45, 7) is 2.24. The van der Waals surface area contributed by atoms with Crippen LogP contribution in [-0.2, 0) is 4.79 Å². The average Bonchev–Trinajstić information content (AvgIpc) is 2.23. The molecule has 0 spiro atoms. The highest BCUT2D eigenvalue weighted by atomic mass is 19.4. The largest absolute Gasteiger partial charge is 0.389 e. The molecule has 5 heteroatoms. The summed E-state index contributed by atoms with van der Waals surface area (Å²) in [6.07, 6.45) is 0.735. The Kier molecular flexibility index (Phi) is 8.90. The Morgan fingerprint density at radius 1 is 1.06 bits per heavy atom. The molecule has 0 rings (SSSR count). The third-order valence-corrected chi connectivity index (χ3v) is 2.47. The molecule has 0 saturated heterocycles. The minimum atomic E-state index is -4.12. The number of amides is 1. The van der Waals surface area contributed by atoms with Gasteiger partial charge in [-0.25, -0.2) is 0 Å². The lowest BCUT2D eigenvalue weighted by Gasteiger charge is -2.07. The lowest BCUT2D eigenvalue weighted by molar-refractivity contribution is -0.136. The Labute approximate surface area is 101 Å². The number of alkyl halides is 3. The number of unbranched alkanes of at least 4 members (excludes halogenated alkanes) is 4. The number of halogens is 3. The second-order valence-electron chi connectivity index (χ2n) is 4.23. The van der Waals surface area contributed by atoms with Crippen LogP contribution < -0.4 is 5.32 Å². The third kappa shape index (κ3) is 13.2. The summed E-state index contributed by atoms with van der Waals surface area (Å²) in [7, 11) is 0. The van der Waals surface area contributed by atoms with Crippen molar-refractivity contribution in [1.82, 2.24) is 5.32 Å². The summed E-state index contributed by atoms with van der Waals surface area (Å²) in [5.41, 5.74) is 0. The Balaban J connectivity index is 3.29. The van der Waals surface area contributed by atoms with E-state index in [4.69, 9.17) is 0 Å². The van der Waals surface area contributed by atoms with E-state index in [9.17, 15) is 18.0 Å². The second-order valence-corrected chi connectivity index (χ2v) is 4.23. The molecule has 0 aliphatic rings. The fourth-order valence-corrected chi connectivity index (χ4v) is 1.49. The van der Waals surface area contributed by atoms with Crippen molar-refractivity contribution in [2.75, 3.05) is 6.54 Å². The minimum Gasteiger partial charge on any atom is -0.356 e. The lowest BCUT2D eigenvalue weighted by atomic mass is 10.1. The number of carbonyl (C=O) groups is 1. The standard InChI is InChI=1S/C12H22F3NO/c1-2-3-4-5-6-8-11(17)16-10-7-9-12(13,14)15/h2-10H2,1H3,(H,16,17). The van der Waals surface area contributed by atoms with Crippen molar-refractivity contribution in [3.63, 3.8) is 0 Å². The number of hydrogen-bond acceptors (Lipinski definition) is 1. The van der Waals surface area contributed by atoms with Gasteiger partial charge in [0.25, 0.3) is 0 Å². The number of nitrogens with one attached hydrogen (secondary N) is 1. The van der Waals surface area contributed by atoms with Gasteiger partial charge >= 0.3 is 6.18 Å². The Bertz CT molecular complexity index is 204. The van der Waals surface area contributed by atoms with E-state index < -0.39 is 12.6 Å². The van der Waals surface area contributed by atoms with Gasteiger partial charge in [0.05, 0.1) is 0 Å². The molecule has 1 amide bonds. The van der Waals surface area contributed by atoms with E-state index in [1.807, 2.05) is 0 Å². The highest BCUT2D eigenvalue weighted by Gasteiger charge is 2.25.